The first-order valence-corrected chi connectivity index (χ1v) is 8.11. The molecule has 3 heteroatoms. The first-order chi connectivity index (χ1) is 9.29. The molecule has 0 atom stereocenters. The number of hydrogen-bond acceptors (Lipinski definition) is 1. The van der Waals surface area contributed by atoms with Crippen molar-refractivity contribution in [3.63, 3.8) is 0 Å². The Bertz CT molecular complexity index is 344. The lowest BCUT2D eigenvalue weighted by molar-refractivity contribution is -0.134. The third-order valence-corrected chi connectivity index (χ3v) is 2.87. The van der Waals surface area contributed by atoms with Crippen molar-refractivity contribution in [2.75, 3.05) is 5.33 Å². The van der Waals surface area contributed by atoms with Gasteiger partial charge in [-0.2, -0.15) is 0 Å². The van der Waals surface area contributed by atoms with Crippen LogP contribution in [-0.4, -0.2) is 16.4 Å². The number of rotatable bonds is 7. The molecule has 0 aromatic heterocycles. The molecule has 0 unspecified atom stereocenters. The van der Waals surface area contributed by atoms with E-state index in [-0.39, 0.29) is 0 Å². The summed E-state index contributed by atoms with van der Waals surface area (Å²) in [6, 6.07) is 0. The van der Waals surface area contributed by atoms with Gasteiger partial charge in [-0.25, -0.2) is 0 Å². The zero-order valence-corrected chi connectivity index (χ0v) is 15.1. The number of halogens is 1. The zero-order chi connectivity index (χ0) is 16.0. The number of hydrogen-bond donors (Lipinski definition) is 1. The Labute approximate surface area is 132 Å². The normalized spacial score (nSPS) is 11.5. The Morgan fingerprint density at radius 2 is 1.30 bits per heavy atom. The van der Waals surface area contributed by atoms with Gasteiger partial charge in [-0.05, 0) is 53.4 Å². The lowest BCUT2D eigenvalue weighted by Crippen LogP contribution is -1.81. The van der Waals surface area contributed by atoms with Crippen molar-refractivity contribution >= 4 is 21.9 Å². The van der Waals surface area contributed by atoms with E-state index in [1.54, 1.807) is 0 Å². The molecule has 0 saturated carbocycles. The molecule has 20 heavy (non-hydrogen) atoms. The Morgan fingerprint density at radius 3 is 1.70 bits per heavy atom. The summed E-state index contributed by atoms with van der Waals surface area (Å²) in [5.41, 5.74) is 4.42. The molecule has 0 rings (SSSR count). The molecule has 0 spiro atoms. The number of carbonyl (C=O) groups is 1. The number of carboxylic acids is 1. The van der Waals surface area contributed by atoms with E-state index in [0.29, 0.717) is 0 Å². The van der Waals surface area contributed by atoms with Gasteiger partial charge in [0.2, 0.25) is 0 Å². The number of allylic oxidation sites excluding steroid dienone is 6. The number of aliphatic carboxylic acids is 1. The van der Waals surface area contributed by atoms with Crippen molar-refractivity contribution in [1.82, 2.24) is 0 Å². The molecule has 2 nitrogen and oxygen atoms in total. The van der Waals surface area contributed by atoms with E-state index in [1.165, 1.54) is 42.4 Å². The summed E-state index contributed by atoms with van der Waals surface area (Å²) < 4.78 is 0. The van der Waals surface area contributed by atoms with Gasteiger partial charge in [-0.3, -0.25) is 4.79 Å². The van der Waals surface area contributed by atoms with Crippen LogP contribution in [0.4, 0.5) is 0 Å². The molecule has 116 valence electrons. The van der Waals surface area contributed by atoms with Crippen LogP contribution < -0.4 is 0 Å². The fraction of sp³-hybridized carbons (Fsp3) is 0.588. The summed E-state index contributed by atoms with van der Waals surface area (Å²) in [7, 11) is 0. The van der Waals surface area contributed by atoms with Gasteiger partial charge in [0.1, 0.15) is 0 Å². The first-order valence-electron chi connectivity index (χ1n) is 6.99. The van der Waals surface area contributed by atoms with Crippen LogP contribution in [0.25, 0.3) is 0 Å². The summed E-state index contributed by atoms with van der Waals surface area (Å²) in [5.74, 6) is -0.833. The van der Waals surface area contributed by atoms with Gasteiger partial charge in [0, 0.05) is 12.3 Å². The molecular formula is C17H29BrO2. The average molecular weight is 345 g/mol. The van der Waals surface area contributed by atoms with E-state index < -0.39 is 5.97 Å². The van der Waals surface area contributed by atoms with Crippen molar-refractivity contribution in [3.05, 3.63) is 34.9 Å². The second kappa shape index (κ2) is 14.6. The first kappa shape index (κ1) is 21.5. The SMILES string of the molecule is CC(=O)O.CC(C)=CCCC(C)=CCCC(C)=CCBr. The number of alkyl halides is 1. The molecule has 0 radical (unpaired) electrons. The molecule has 0 amide bonds. The monoisotopic (exact) mass is 344 g/mol. The highest BCUT2D eigenvalue weighted by Gasteiger charge is 1.91. The third kappa shape index (κ3) is 22.4. The summed E-state index contributed by atoms with van der Waals surface area (Å²) in [4.78, 5) is 9.00. The van der Waals surface area contributed by atoms with Crippen molar-refractivity contribution in [3.8, 4) is 0 Å². The van der Waals surface area contributed by atoms with Crippen molar-refractivity contribution in [2.24, 2.45) is 0 Å². The van der Waals surface area contributed by atoms with E-state index in [2.05, 4.69) is 61.9 Å². The predicted octanol–water partition coefficient (Wildman–Crippen LogP) is 5.89. The maximum atomic E-state index is 9.00. The zero-order valence-electron chi connectivity index (χ0n) is 13.5. The fourth-order valence-electron chi connectivity index (χ4n) is 1.47. The van der Waals surface area contributed by atoms with Gasteiger partial charge in [-0.1, -0.05) is 50.9 Å². The molecule has 0 aromatic carbocycles. The predicted molar refractivity (Wildman–Crippen MR) is 92.5 cm³/mol. The van der Waals surface area contributed by atoms with Gasteiger partial charge in [0.05, 0.1) is 0 Å². The Kier molecular flexibility index (Phi) is 15.6. The van der Waals surface area contributed by atoms with Crippen molar-refractivity contribution < 1.29 is 9.90 Å². The van der Waals surface area contributed by atoms with Crippen LogP contribution in [0.2, 0.25) is 0 Å². The van der Waals surface area contributed by atoms with Crippen LogP contribution in [0, 0.1) is 0 Å². The molecule has 0 aromatic rings. The molecule has 0 heterocycles. The molecule has 0 saturated heterocycles. The van der Waals surface area contributed by atoms with Crippen LogP contribution in [0.5, 0.6) is 0 Å². The average Bonchev–Trinajstić information content (AvgIpc) is 2.28. The minimum absolute atomic E-state index is 0.833. The Morgan fingerprint density at radius 1 is 0.900 bits per heavy atom. The highest BCUT2D eigenvalue weighted by atomic mass is 79.9. The summed E-state index contributed by atoms with van der Waals surface area (Å²) in [6.45, 7) is 9.84. The highest BCUT2D eigenvalue weighted by molar-refractivity contribution is 9.09. The van der Waals surface area contributed by atoms with Gasteiger partial charge in [-0.15, -0.1) is 0 Å². The largest absolute Gasteiger partial charge is 0.481 e. The highest BCUT2D eigenvalue weighted by Crippen LogP contribution is 2.11. The van der Waals surface area contributed by atoms with Gasteiger partial charge >= 0.3 is 0 Å². The Balaban J connectivity index is 0. The molecule has 0 aliphatic rings. The molecule has 1 N–H and O–H groups in total. The maximum Gasteiger partial charge on any atom is 0.300 e. The second-order valence-corrected chi connectivity index (χ2v) is 5.78. The maximum absolute atomic E-state index is 9.00. The Hall–Kier alpha value is -0.830. The molecule has 0 aliphatic carbocycles. The van der Waals surface area contributed by atoms with E-state index in [0.717, 1.165) is 12.3 Å². The van der Waals surface area contributed by atoms with E-state index in [1.807, 2.05) is 0 Å². The summed E-state index contributed by atoms with van der Waals surface area (Å²) in [6.07, 6.45) is 11.7. The van der Waals surface area contributed by atoms with Crippen molar-refractivity contribution in [2.45, 2.75) is 60.3 Å². The number of carboxylic acid groups (broad SMARTS) is 1. The molecule has 0 fully saturated rings. The van der Waals surface area contributed by atoms with Crippen molar-refractivity contribution in [1.29, 1.82) is 0 Å². The second-order valence-electron chi connectivity index (χ2n) is 5.13. The topological polar surface area (TPSA) is 37.3 Å². The van der Waals surface area contributed by atoms with Gasteiger partial charge in [0.25, 0.3) is 5.97 Å². The summed E-state index contributed by atoms with van der Waals surface area (Å²) >= 11 is 3.42. The fourth-order valence-corrected chi connectivity index (χ4v) is 2.02. The standard InChI is InChI=1S/C15H25Br.C2H4O2/c1-13(2)7-5-8-14(3)9-6-10-15(4)11-12-16;1-2(3)4/h7,9,11H,5-6,8,10,12H2,1-4H3;1H3,(H,3,4). The smallest absolute Gasteiger partial charge is 0.300 e. The van der Waals surface area contributed by atoms with Crippen LogP contribution in [0.3, 0.4) is 0 Å². The van der Waals surface area contributed by atoms with E-state index >= 15 is 0 Å². The van der Waals surface area contributed by atoms with E-state index in [4.69, 9.17) is 9.90 Å². The molecular weight excluding hydrogens is 316 g/mol. The van der Waals surface area contributed by atoms with Gasteiger partial charge in [0.15, 0.2) is 0 Å². The van der Waals surface area contributed by atoms with Crippen LogP contribution in [-0.2, 0) is 4.79 Å². The summed E-state index contributed by atoms with van der Waals surface area (Å²) in [5, 5.41) is 8.39. The quantitative estimate of drug-likeness (QED) is 0.461. The lowest BCUT2D eigenvalue weighted by atomic mass is 10.1. The van der Waals surface area contributed by atoms with E-state index in [9.17, 15) is 0 Å². The minimum Gasteiger partial charge on any atom is -0.481 e. The molecule has 0 bridgehead atoms. The minimum atomic E-state index is -0.833. The molecule has 0 aliphatic heterocycles. The lowest BCUT2D eigenvalue weighted by Gasteiger charge is -2.00. The third-order valence-electron chi connectivity index (χ3n) is 2.55. The van der Waals surface area contributed by atoms with Crippen LogP contribution >= 0.6 is 15.9 Å². The van der Waals surface area contributed by atoms with Crippen LogP contribution in [0.1, 0.15) is 60.3 Å². The van der Waals surface area contributed by atoms with Crippen LogP contribution in [0.15, 0.2) is 34.9 Å². The van der Waals surface area contributed by atoms with Gasteiger partial charge < -0.3 is 5.11 Å².